The summed E-state index contributed by atoms with van der Waals surface area (Å²) in [6, 6.07) is 50.1. The summed E-state index contributed by atoms with van der Waals surface area (Å²) in [5.41, 5.74) is 9.99. The van der Waals surface area contributed by atoms with E-state index < -0.39 is 5.54 Å². The zero-order valence-electron chi connectivity index (χ0n) is 29.8. The maximum Gasteiger partial charge on any atom is 0.184 e. The smallest absolute Gasteiger partial charge is 0.184 e. The number of rotatable bonds is 9. The Morgan fingerprint density at radius 1 is 0.660 bits per heavy atom. The van der Waals surface area contributed by atoms with E-state index in [0.29, 0.717) is 12.4 Å². The third-order valence-electron chi connectivity index (χ3n) is 10.1. The van der Waals surface area contributed by atoms with Crippen molar-refractivity contribution < 1.29 is 4.42 Å². The zero-order chi connectivity index (χ0) is 35.9. The van der Waals surface area contributed by atoms with Crippen molar-refractivity contribution in [2.45, 2.75) is 39.3 Å². The lowest BCUT2D eigenvalue weighted by Crippen LogP contribution is -2.39. The molecule has 0 fully saturated rings. The molecule has 258 valence electrons. The molecule has 4 aromatic heterocycles. The van der Waals surface area contributed by atoms with Crippen molar-refractivity contribution in [3.05, 3.63) is 185 Å². The van der Waals surface area contributed by atoms with E-state index in [2.05, 4.69) is 139 Å². The Labute approximate surface area is 307 Å². The highest BCUT2D eigenvalue weighted by atomic mass is 16.3. The van der Waals surface area contributed by atoms with Gasteiger partial charge < -0.3 is 8.98 Å². The van der Waals surface area contributed by atoms with Crippen LogP contribution in [-0.2, 0) is 18.5 Å². The number of aryl methyl sites for hydroxylation is 3. The SMILES string of the molecule is CCc1nc2c(C)cc(C)nc2n1Cc1ccc2oc(-c3ccccc3-c3nnnn3C(c3ccccc3)(c3ccccc3)c3ccccc3)cc2c1. The van der Waals surface area contributed by atoms with Crippen molar-refractivity contribution in [2.75, 3.05) is 0 Å². The molecule has 0 saturated heterocycles. The van der Waals surface area contributed by atoms with Gasteiger partial charge in [-0.1, -0.05) is 128 Å². The maximum absolute atomic E-state index is 6.60. The van der Waals surface area contributed by atoms with Crippen LogP contribution in [0.1, 0.15) is 46.3 Å². The van der Waals surface area contributed by atoms with Crippen LogP contribution in [0.4, 0.5) is 0 Å². The molecule has 0 spiro atoms. The van der Waals surface area contributed by atoms with E-state index in [1.54, 1.807) is 0 Å². The van der Waals surface area contributed by atoms with E-state index in [-0.39, 0.29) is 0 Å². The Bertz CT molecular complexity index is 2610. The standard InChI is InChI=1S/C45H37N7O/c1-4-41-47-42-30(2)26-31(3)46-44(42)51(41)29-32-24-25-39-33(27-32)28-40(53-39)37-22-14-15-23-38(37)43-48-49-50-52(43)45(34-16-8-5-9-17-34,35-18-10-6-11-19-35)36-20-12-7-13-21-36/h5-28H,4,29H2,1-3H3. The van der Waals surface area contributed by atoms with Crippen LogP contribution in [0.3, 0.4) is 0 Å². The molecule has 0 N–H and O–H groups in total. The minimum absolute atomic E-state index is 0.621. The van der Waals surface area contributed by atoms with Crippen LogP contribution < -0.4 is 0 Å². The number of imidazole rings is 1. The van der Waals surface area contributed by atoms with Gasteiger partial charge in [-0.15, -0.1) is 5.10 Å². The van der Waals surface area contributed by atoms with Crippen molar-refractivity contribution >= 4 is 22.1 Å². The van der Waals surface area contributed by atoms with E-state index in [9.17, 15) is 0 Å². The molecule has 0 unspecified atom stereocenters. The predicted octanol–water partition coefficient (Wildman–Crippen LogP) is 9.57. The van der Waals surface area contributed by atoms with Crippen LogP contribution in [0.15, 0.2) is 150 Å². The predicted molar refractivity (Wildman–Crippen MR) is 209 cm³/mol. The number of furan rings is 1. The molecule has 0 aliphatic carbocycles. The highest BCUT2D eigenvalue weighted by molar-refractivity contribution is 5.87. The van der Waals surface area contributed by atoms with Crippen LogP contribution in [-0.4, -0.2) is 34.7 Å². The summed E-state index contributed by atoms with van der Waals surface area (Å²) in [7, 11) is 0. The van der Waals surface area contributed by atoms with Gasteiger partial charge in [0.2, 0.25) is 0 Å². The molecule has 53 heavy (non-hydrogen) atoms. The normalized spacial score (nSPS) is 11.8. The minimum atomic E-state index is -0.876. The van der Waals surface area contributed by atoms with Crippen molar-refractivity contribution in [1.29, 1.82) is 0 Å². The Balaban J connectivity index is 1.17. The van der Waals surface area contributed by atoms with Gasteiger partial charge in [-0.3, -0.25) is 0 Å². The van der Waals surface area contributed by atoms with Gasteiger partial charge in [0.15, 0.2) is 11.5 Å². The fourth-order valence-corrected chi connectivity index (χ4v) is 7.77. The molecule has 0 radical (unpaired) electrons. The van der Waals surface area contributed by atoms with Crippen molar-refractivity contribution in [2.24, 2.45) is 0 Å². The molecule has 5 aromatic carbocycles. The molecule has 0 aliphatic heterocycles. The van der Waals surface area contributed by atoms with Crippen molar-refractivity contribution in [3.8, 4) is 22.7 Å². The van der Waals surface area contributed by atoms with Crippen LogP contribution in [0.2, 0.25) is 0 Å². The van der Waals surface area contributed by atoms with Gasteiger partial charge in [0, 0.05) is 28.6 Å². The van der Waals surface area contributed by atoms with Crippen LogP contribution in [0.5, 0.6) is 0 Å². The number of hydrogen-bond acceptors (Lipinski definition) is 6. The number of aromatic nitrogens is 7. The third-order valence-corrected chi connectivity index (χ3v) is 10.1. The number of tetrazole rings is 1. The molecule has 8 heteroatoms. The van der Waals surface area contributed by atoms with Crippen LogP contribution in [0.25, 0.3) is 44.8 Å². The minimum Gasteiger partial charge on any atom is -0.456 e. The first-order chi connectivity index (χ1) is 26.0. The van der Waals surface area contributed by atoms with Gasteiger partial charge in [-0.05, 0) is 76.4 Å². The van der Waals surface area contributed by atoms with Crippen LogP contribution >= 0.6 is 0 Å². The molecule has 0 aliphatic rings. The van der Waals surface area contributed by atoms with Gasteiger partial charge in [0.05, 0.1) is 6.54 Å². The Kier molecular flexibility index (Phi) is 8.00. The molecule has 0 bridgehead atoms. The average Bonchev–Trinajstić information content (AvgIpc) is 3.94. The maximum atomic E-state index is 6.60. The van der Waals surface area contributed by atoms with E-state index >= 15 is 0 Å². The fraction of sp³-hybridized carbons (Fsp3) is 0.133. The Morgan fingerprint density at radius 3 is 1.92 bits per heavy atom. The summed E-state index contributed by atoms with van der Waals surface area (Å²) < 4.78 is 10.8. The van der Waals surface area contributed by atoms with Gasteiger partial charge in [-0.25, -0.2) is 14.6 Å². The monoisotopic (exact) mass is 691 g/mol. The topological polar surface area (TPSA) is 87.4 Å². The van der Waals surface area contributed by atoms with E-state index in [4.69, 9.17) is 24.7 Å². The van der Waals surface area contributed by atoms with Crippen LogP contribution in [0, 0.1) is 13.8 Å². The fourth-order valence-electron chi connectivity index (χ4n) is 7.77. The Morgan fingerprint density at radius 2 is 1.28 bits per heavy atom. The summed E-state index contributed by atoms with van der Waals surface area (Å²) in [5.74, 6) is 2.39. The molecular weight excluding hydrogens is 655 g/mol. The van der Waals surface area contributed by atoms with Crippen molar-refractivity contribution in [1.82, 2.24) is 34.7 Å². The molecule has 0 saturated carbocycles. The first-order valence-corrected chi connectivity index (χ1v) is 18.0. The Hall–Kier alpha value is -6.67. The summed E-state index contributed by atoms with van der Waals surface area (Å²) in [6.07, 6.45) is 0.823. The van der Waals surface area contributed by atoms with E-state index in [0.717, 1.165) is 84.8 Å². The van der Waals surface area contributed by atoms with Gasteiger partial charge >= 0.3 is 0 Å². The molecular formula is C45H37N7O. The number of pyridine rings is 1. The third kappa shape index (κ3) is 5.42. The number of fused-ring (bicyclic) bond motifs is 2. The summed E-state index contributed by atoms with van der Waals surface area (Å²) in [5, 5.41) is 14.8. The second-order valence-electron chi connectivity index (χ2n) is 13.5. The zero-order valence-corrected chi connectivity index (χ0v) is 29.8. The second-order valence-corrected chi connectivity index (χ2v) is 13.5. The quantitative estimate of drug-likeness (QED) is 0.140. The van der Waals surface area contributed by atoms with E-state index in [1.165, 1.54) is 0 Å². The van der Waals surface area contributed by atoms with Gasteiger partial charge in [-0.2, -0.15) is 0 Å². The molecule has 8 nitrogen and oxygen atoms in total. The lowest BCUT2D eigenvalue weighted by atomic mass is 9.77. The number of benzene rings is 5. The lowest BCUT2D eigenvalue weighted by Gasteiger charge is -2.36. The molecule has 4 heterocycles. The van der Waals surface area contributed by atoms with Gasteiger partial charge in [0.1, 0.15) is 28.2 Å². The highest BCUT2D eigenvalue weighted by Crippen LogP contribution is 2.44. The first kappa shape index (κ1) is 32.3. The largest absolute Gasteiger partial charge is 0.456 e. The number of hydrogen-bond donors (Lipinski definition) is 0. The van der Waals surface area contributed by atoms with E-state index in [1.807, 2.05) is 41.9 Å². The highest BCUT2D eigenvalue weighted by Gasteiger charge is 2.42. The molecule has 9 rings (SSSR count). The molecule has 0 atom stereocenters. The first-order valence-electron chi connectivity index (χ1n) is 18.0. The molecule has 9 aromatic rings. The average molecular weight is 692 g/mol. The lowest BCUT2D eigenvalue weighted by molar-refractivity contribution is 0.451. The summed E-state index contributed by atoms with van der Waals surface area (Å²) in [6.45, 7) is 6.95. The molecule has 0 amide bonds. The van der Waals surface area contributed by atoms with Crippen molar-refractivity contribution in [3.63, 3.8) is 0 Å². The second kappa shape index (κ2) is 13.1. The summed E-state index contributed by atoms with van der Waals surface area (Å²) in [4.78, 5) is 9.84. The number of nitrogens with zero attached hydrogens (tertiary/aromatic N) is 7. The van der Waals surface area contributed by atoms with Gasteiger partial charge in [0.25, 0.3) is 0 Å². The summed E-state index contributed by atoms with van der Waals surface area (Å²) >= 11 is 0.